The quantitative estimate of drug-likeness (QED) is 0.517. The molecule has 22 heavy (non-hydrogen) atoms. The Bertz CT molecular complexity index is 707. The normalized spacial score (nSPS) is 15.4. The molecule has 1 aliphatic heterocycles. The van der Waals surface area contributed by atoms with E-state index in [1.807, 2.05) is 18.2 Å². The van der Waals surface area contributed by atoms with Gasteiger partial charge in [0, 0.05) is 24.0 Å². The first-order chi connectivity index (χ1) is 10.7. The fraction of sp³-hybridized carbons (Fsp3) is 0.312. The number of pyridine rings is 1. The average molecular weight is 313 g/mol. The highest BCUT2D eigenvalue weighted by Gasteiger charge is 2.16. The largest absolute Gasteiger partial charge is 0.375 e. The third-order valence-electron chi connectivity index (χ3n) is 3.77. The maximum atomic E-state index is 5.41. The van der Waals surface area contributed by atoms with Crippen molar-refractivity contribution in [3.05, 3.63) is 35.9 Å². The number of benzene rings is 1. The molecule has 1 aromatic carbocycles. The van der Waals surface area contributed by atoms with Gasteiger partial charge in [-0.05, 0) is 43.6 Å². The zero-order valence-corrected chi connectivity index (χ0v) is 13.1. The number of aromatic nitrogens is 1. The summed E-state index contributed by atoms with van der Waals surface area (Å²) in [4.78, 5) is 7.17. The highest BCUT2D eigenvalue weighted by Crippen LogP contribution is 2.25. The summed E-state index contributed by atoms with van der Waals surface area (Å²) in [6, 6.07) is 10.2. The number of anilines is 1. The molecular formula is C16H19N5S. The smallest absolute Gasteiger partial charge is 0.184 e. The van der Waals surface area contributed by atoms with E-state index in [-0.39, 0.29) is 5.11 Å². The predicted molar refractivity (Wildman–Crippen MR) is 95.3 cm³/mol. The summed E-state index contributed by atoms with van der Waals surface area (Å²) in [6.07, 6.45) is 5.44. The minimum atomic E-state index is 0.157. The number of rotatable bonds is 3. The number of thiocarbonyl (C=S) groups is 1. The van der Waals surface area contributed by atoms with Crippen LogP contribution in [0.5, 0.6) is 0 Å². The molecule has 1 aliphatic rings. The van der Waals surface area contributed by atoms with Crippen LogP contribution in [0.15, 0.2) is 35.4 Å². The first kappa shape index (κ1) is 14.7. The summed E-state index contributed by atoms with van der Waals surface area (Å²) in [5, 5.41) is 5.35. The molecule has 0 spiro atoms. The summed E-state index contributed by atoms with van der Waals surface area (Å²) in [5.41, 5.74) is 9.99. The van der Waals surface area contributed by atoms with Crippen LogP contribution in [0.3, 0.4) is 0 Å². The first-order valence-corrected chi connectivity index (χ1v) is 7.88. The van der Waals surface area contributed by atoms with E-state index < -0.39 is 0 Å². The number of nitrogens with zero attached hydrogens (tertiary/aromatic N) is 3. The van der Waals surface area contributed by atoms with E-state index in [4.69, 9.17) is 22.9 Å². The van der Waals surface area contributed by atoms with E-state index in [1.54, 1.807) is 6.21 Å². The van der Waals surface area contributed by atoms with Crippen molar-refractivity contribution in [2.24, 2.45) is 10.8 Å². The van der Waals surface area contributed by atoms with Gasteiger partial charge in [-0.15, -0.1) is 0 Å². The zero-order chi connectivity index (χ0) is 15.4. The fourth-order valence-corrected chi connectivity index (χ4v) is 2.79. The van der Waals surface area contributed by atoms with Crippen LogP contribution in [0.25, 0.3) is 10.9 Å². The number of fused-ring (bicyclic) bond motifs is 1. The molecule has 2 heterocycles. The number of nitrogens with one attached hydrogen (secondary N) is 1. The first-order valence-electron chi connectivity index (χ1n) is 7.47. The molecule has 0 atom stereocenters. The van der Waals surface area contributed by atoms with Crippen LogP contribution in [0.2, 0.25) is 0 Å². The molecule has 1 aromatic heterocycles. The van der Waals surface area contributed by atoms with Crippen LogP contribution in [-0.4, -0.2) is 29.4 Å². The van der Waals surface area contributed by atoms with E-state index in [1.165, 1.54) is 19.3 Å². The maximum Gasteiger partial charge on any atom is 0.184 e. The summed E-state index contributed by atoms with van der Waals surface area (Å²) >= 11 is 4.77. The lowest BCUT2D eigenvalue weighted by molar-refractivity contribution is 0.574. The third kappa shape index (κ3) is 3.33. The topological polar surface area (TPSA) is 66.5 Å². The Hall–Kier alpha value is -2.21. The minimum absolute atomic E-state index is 0.157. The van der Waals surface area contributed by atoms with Gasteiger partial charge in [0.15, 0.2) is 5.11 Å². The van der Waals surface area contributed by atoms with Crippen molar-refractivity contribution in [2.75, 3.05) is 18.0 Å². The van der Waals surface area contributed by atoms with Crippen LogP contribution >= 0.6 is 12.2 Å². The van der Waals surface area contributed by atoms with Gasteiger partial charge >= 0.3 is 0 Å². The molecule has 3 rings (SSSR count). The Kier molecular flexibility index (Phi) is 4.48. The van der Waals surface area contributed by atoms with Crippen molar-refractivity contribution in [3.63, 3.8) is 0 Å². The van der Waals surface area contributed by atoms with Gasteiger partial charge in [0.1, 0.15) is 5.82 Å². The summed E-state index contributed by atoms with van der Waals surface area (Å²) in [5.74, 6) is 0.979. The fourth-order valence-electron chi connectivity index (χ4n) is 2.74. The van der Waals surface area contributed by atoms with E-state index in [0.29, 0.717) is 0 Å². The monoisotopic (exact) mass is 313 g/mol. The lowest BCUT2D eigenvalue weighted by atomic mass is 10.1. The van der Waals surface area contributed by atoms with Gasteiger partial charge in [-0.2, -0.15) is 5.10 Å². The molecule has 1 saturated heterocycles. The Morgan fingerprint density at radius 1 is 1.27 bits per heavy atom. The van der Waals surface area contributed by atoms with Crippen LogP contribution in [-0.2, 0) is 0 Å². The highest BCUT2D eigenvalue weighted by molar-refractivity contribution is 7.80. The molecule has 0 bridgehead atoms. The number of hydrazone groups is 1. The Labute approximate surface area is 135 Å². The second kappa shape index (κ2) is 6.70. The van der Waals surface area contributed by atoms with Gasteiger partial charge in [-0.3, -0.25) is 5.43 Å². The number of hydrogen-bond acceptors (Lipinski definition) is 4. The molecular weight excluding hydrogens is 294 g/mol. The SMILES string of the molecule is NC(=S)NN=Cc1cc2ccccc2nc1N1CCCCC1. The van der Waals surface area contributed by atoms with Gasteiger partial charge in [0.05, 0.1) is 11.7 Å². The molecule has 2 aromatic rings. The zero-order valence-electron chi connectivity index (χ0n) is 12.3. The number of hydrogen-bond donors (Lipinski definition) is 2. The van der Waals surface area contributed by atoms with Crippen LogP contribution in [0, 0.1) is 0 Å². The predicted octanol–water partition coefficient (Wildman–Crippen LogP) is 2.39. The van der Waals surface area contributed by atoms with Crippen molar-refractivity contribution < 1.29 is 0 Å². The molecule has 0 aliphatic carbocycles. The van der Waals surface area contributed by atoms with Crippen molar-refractivity contribution in [3.8, 4) is 0 Å². The van der Waals surface area contributed by atoms with Gasteiger partial charge in [0.2, 0.25) is 0 Å². The molecule has 5 nitrogen and oxygen atoms in total. The molecule has 0 saturated carbocycles. The van der Waals surface area contributed by atoms with Crippen LogP contribution < -0.4 is 16.1 Å². The number of piperidine rings is 1. The third-order valence-corrected chi connectivity index (χ3v) is 3.86. The second-order valence-corrected chi connectivity index (χ2v) is 5.82. The molecule has 0 radical (unpaired) electrons. The molecule has 6 heteroatoms. The Morgan fingerprint density at radius 3 is 2.82 bits per heavy atom. The van der Waals surface area contributed by atoms with Crippen LogP contribution in [0.4, 0.5) is 5.82 Å². The van der Waals surface area contributed by atoms with Crippen LogP contribution in [0.1, 0.15) is 24.8 Å². The molecule has 114 valence electrons. The van der Waals surface area contributed by atoms with Gasteiger partial charge in [0.25, 0.3) is 0 Å². The Balaban J connectivity index is 2.01. The van der Waals surface area contributed by atoms with E-state index in [2.05, 4.69) is 27.6 Å². The van der Waals surface area contributed by atoms with Crippen molar-refractivity contribution >= 4 is 40.3 Å². The van der Waals surface area contributed by atoms with Crippen molar-refractivity contribution in [1.82, 2.24) is 10.4 Å². The number of para-hydroxylation sites is 1. The number of nitrogens with two attached hydrogens (primary N) is 1. The maximum absolute atomic E-state index is 5.41. The molecule has 0 unspecified atom stereocenters. The Morgan fingerprint density at radius 2 is 2.05 bits per heavy atom. The molecule has 3 N–H and O–H groups in total. The minimum Gasteiger partial charge on any atom is -0.375 e. The second-order valence-electron chi connectivity index (χ2n) is 5.38. The highest BCUT2D eigenvalue weighted by atomic mass is 32.1. The molecule has 1 fully saturated rings. The van der Waals surface area contributed by atoms with Gasteiger partial charge in [-0.25, -0.2) is 4.98 Å². The average Bonchev–Trinajstić information content (AvgIpc) is 2.54. The summed E-state index contributed by atoms with van der Waals surface area (Å²) in [6.45, 7) is 2.07. The van der Waals surface area contributed by atoms with Crippen molar-refractivity contribution in [1.29, 1.82) is 0 Å². The van der Waals surface area contributed by atoms with E-state index in [9.17, 15) is 0 Å². The molecule has 0 amide bonds. The lowest BCUT2D eigenvalue weighted by Gasteiger charge is -2.29. The van der Waals surface area contributed by atoms with Gasteiger partial charge < -0.3 is 10.6 Å². The standard InChI is InChI=1S/C16H19N5S/c17-16(22)20-18-11-13-10-12-6-2-3-7-14(12)19-15(13)21-8-4-1-5-9-21/h2-3,6-7,10-11H,1,4-5,8-9H2,(H3,17,20,22). The lowest BCUT2D eigenvalue weighted by Crippen LogP contribution is -2.31. The van der Waals surface area contributed by atoms with Gasteiger partial charge in [-0.1, -0.05) is 18.2 Å². The van der Waals surface area contributed by atoms with E-state index >= 15 is 0 Å². The van der Waals surface area contributed by atoms with E-state index in [0.717, 1.165) is 35.4 Å². The summed E-state index contributed by atoms with van der Waals surface area (Å²) in [7, 11) is 0. The van der Waals surface area contributed by atoms with Crippen molar-refractivity contribution in [2.45, 2.75) is 19.3 Å². The summed E-state index contributed by atoms with van der Waals surface area (Å²) < 4.78 is 0.